The van der Waals surface area contributed by atoms with Crippen LogP contribution in [0.4, 0.5) is 5.69 Å². The lowest BCUT2D eigenvalue weighted by Gasteiger charge is -2.29. The first-order valence-corrected chi connectivity index (χ1v) is 10.6. The molecule has 2 heterocycles. The monoisotopic (exact) mass is 519 g/mol. The molecule has 1 N–H and O–H groups in total. The van der Waals surface area contributed by atoms with Crippen molar-refractivity contribution in [2.24, 2.45) is 0 Å². The molecule has 1 aliphatic rings. The van der Waals surface area contributed by atoms with E-state index in [1.165, 1.54) is 11.0 Å². The summed E-state index contributed by atoms with van der Waals surface area (Å²) in [6.45, 7) is 0. The van der Waals surface area contributed by atoms with Crippen molar-refractivity contribution in [2.75, 3.05) is 4.90 Å². The van der Waals surface area contributed by atoms with E-state index in [1.54, 1.807) is 24.3 Å². The van der Waals surface area contributed by atoms with E-state index in [-0.39, 0.29) is 20.7 Å². The summed E-state index contributed by atoms with van der Waals surface area (Å²) in [7, 11) is 0. The second-order valence-corrected chi connectivity index (χ2v) is 8.40. The number of halogens is 3. The molecule has 1 saturated heterocycles. The van der Waals surface area contributed by atoms with Crippen LogP contribution in [0.1, 0.15) is 5.69 Å². The minimum atomic E-state index is -0.588. The minimum absolute atomic E-state index is 0.0614. The third-order valence-corrected chi connectivity index (χ3v) is 6.02. The van der Waals surface area contributed by atoms with Gasteiger partial charge in [-0.2, -0.15) is 0 Å². The van der Waals surface area contributed by atoms with Crippen molar-refractivity contribution in [2.45, 2.75) is 0 Å². The van der Waals surface area contributed by atoms with Gasteiger partial charge in [-0.1, -0.05) is 51.3 Å². The quantitative estimate of drug-likeness (QED) is 0.286. The average molecular weight is 521 g/mol. The van der Waals surface area contributed by atoms with Crippen LogP contribution in [0.5, 0.6) is 0 Å². The lowest BCUT2D eigenvalue weighted by Crippen LogP contribution is -2.54. The minimum Gasteiger partial charge on any atom is -0.317 e. The summed E-state index contributed by atoms with van der Waals surface area (Å²) in [5, 5.41) is 2.93. The third-order valence-electron chi connectivity index (χ3n) is 4.43. The number of thiocarbonyl (C=S) groups is 1. The smallest absolute Gasteiger partial charge is 0.270 e. The van der Waals surface area contributed by atoms with E-state index in [1.807, 2.05) is 41.1 Å². The highest BCUT2D eigenvalue weighted by Crippen LogP contribution is 2.34. The molecular weight excluding hydrogens is 509 g/mol. The summed E-state index contributed by atoms with van der Waals surface area (Å²) in [5.74, 6) is -1.17. The first-order valence-electron chi connectivity index (χ1n) is 8.65. The van der Waals surface area contributed by atoms with Gasteiger partial charge in [-0.3, -0.25) is 19.8 Å². The number of amides is 2. The van der Waals surface area contributed by atoms with Crippen molar-refractivity contribution in [1.29, 1.82) is 0 Å². The van der Waals surface area contributed by atoms with E-state index in [0.29, 0.717) is 11.4 Å². The molecule has 1 fully saturated rings. The van der Waals surface area contributed by atoms with Crippen LogP contribution in [0.3, 0.4) is 0 Å². The predicted molar refractivity (Wildman–Crippen MR) is 126 cm³/mol. The molecule has 150 valence electrons. The maximum atomic E-state index is 13.2. The van der Waals surface area contributed by atoms with Crippen LogP contribution in [0.25, 0.3) is 11.8 Å². The Bertz CT molecular complexity index is 1240. The Hall–Kier alpha value is -2.45. The van der Waals surface area contributed by atoms with Crippen LogP contribution in [0.2, 0.25) is 10.0 Å². The van der Waals surface area contributed by atoms with Gasteiger partial charge in [0.2, 0.25) is 0 Å². The molecule has 5 nitrogen and oxygen atoms in total. The van der Waals surface area contributed by atoms with E-state index < -0.39 is 11.8 Å². The Morgan fingerprint density at radius 1 is 1.03 bits per heavy atom. The lowest BCUT2D eigenvalue weighted by molar-refractivity contribution is -0.122. The average Bonchev–Trinajstić information content (AvgIpc) is 3.16. The number of aromatic nitrogens is 1. The molecule has 0 aliphatic carbocycles. The Morgan fingerprint density at radius 3 is 2.57 bits per heavy atom. The fraction of sp³-hybridized carbons (Fsp3) is 0. The zero-order valence-electron chi connectivity index (χ0n) is 15.1. The highest BCUT2D eigenvalue weighted by molar-refractivity contribution is 9.10. The van der Waals surface area contributed by atoms with Gasteiger partial charge >= 0.3 is 0 Å². The van der Waals surface area contributed by atoms with Crippen LogP contribution in [-0.2, 0) is 9.59 Å². The maximum Gasteiger partial charge on any atom is 0.270 e. The zero-order chi connectivity index (χ0) is 21.4. The van der Waals surface area contributed by atoms with E-state index in [4.69, 9.17) is 35.4 Å². The van der Waals surface area contributed by atoms with Crippen molar-refractivity contribution < 1.29 is 9.59 Å². The molecule has 1 aliphatic heterocycles. The van der Waals surface area contributed by atoms with Crippen LogP contribution in [0.15, 0.2) is 70.8 Å². The fourth-order valence-corrected chi connectivity index (χ4v) is 4.10. The molecule has 30 heavy (non-hydrogen) atoms. The maximum absolute atomic E-state index is 13.2. The third kappa shape index (κ3) is 3.81. The fourth-order valence-electron chi connectivity index (χ4n) is 3.06. The van der Waals surface area contributed by atoms with Crippen molar-refractivity contribution in [3.8, 4) is 5.69 Å². The summed E-state index contributed by atoms with van der Waals surface area (Å²) in [6, 6.07) is 16.2. The molecule has 1 aromatic heterocycles. The number of carbonyl (C=O) groups excluding carboxylic acids is 2. The van der Waals surface area contributed by atoms with Gasteiger partial charge in [-0.15, -0.1) is 0 Å². The van der Waals surface area contributed by atoms with E-state index in [2.05, 4.69) is 21.2 Å². The molecule has 4 rings (SSSR count). The zero-order valence-corrected chi connectivity index (χ0v) is 19.0. The molecule has 0 radical (unpaired) electrons. The van der Waals surface area contributed by atoms with E-state index in [0.717, 1.165) is 10.2 Å². The molecule has 2 amide bonds. The highest BCUT2D eigenvalue weighted by Gasteiger charge is 2.35. The van der Waals surface area contributed by atoms with Gasteiger partial charge in [0, 0.05) is 22.1 Å². The highest BCUT2D eigenvalue weighted by atomic mass is 79.9. The van der Waals surface area contributed by atoms with Crippen molar-refractivity contribution in [3.63, 3.8) is 0 Å². The lowest BCUT2D eigenvalue weighted by atomic mass is 10.1. The number of hydrogen-bond acceptors (Lipinski definition) is 3. The standard InChI is InChI=1S/C21H12BrCl2N3O2S/c22-12-4-1-5-13(10-12)26-9-3-6-14(26)11-15-19(28)25-21(30)27(20(15)29)17-8-2-7-16(23)18(17)24/h1-11H,(H,25,28,30). The van der Waals surface area contributed by atoms with Crippen LogP contribution < -0.4 is 10.2 Å². The van der Waals surface area contributed by atoms with Gasteiger partial charge in [0.1, 0.15) is 5.57 Å². The Balaban J connectivity index is 1.78. The molecule has 0 bridgehead atoms. The number of nitrogens with zero attached hydrogens (tertiary/aromatic N) is 2. The second-order valence-electron chi connectivity index (χ2n) is 6.31. The van der Waals surface area contributed by atoms with E-state index >= 15 is 0 Å². The number of nitrogens with one attached hydrogen (secondary N) is 1. The number of hydrogen-bond donors (Lipinski definition) is 1. The predicted octanol–water partition coefficient (Wildman–Crippen LogP) is 5.38. The van der Waals surface area contributed by atoms with Gasteiger partial charge < -0.3 is 4.57 Å². The normalized spacial score (nSPS) is 15.6. The number of benzene rings is 2. The summed E-state index contributed by atoms with van der Waals surface area (Å²) >= 11 is 21.0. The summed E-state index contributed by atoms with van der Waals surface area (Å²) in [5.41, 5.74) is 1.74. The molecule has 0 spiro atoms. The van der Waals surface area contributed by atoms with Crippen LogP contribution >= 0.6 is 51.3 Å². The van der Waals surface area contributed by atoms with Crippen molar-refractivity contribution in [3.05, 3.63) is 86.6 Å². The Kier molecular flexibility index (Phi) is 5.79. The molecule has 2 aromatic carbocycles. The summed E-state index contributed by atoms with van der Waals surface area (Å²) < 4.78 is 2.77. The van der Waals surface area contributed by atoms with Crippen molar-refractivity contribution in [1.82, 2.24) is 9.88 Å². The SMILES string of the molecule is O=C1NC(=S)N(c2cccc(Cl)c2Cl)C(=O)C1=Cc1cccn1-c1cccc(Br)c1. The molecule has 0 saturated carbocycles. The molecular formula is C21H12BrCl2N3O2S. The first kappa shape index (κ1) is 20.8. The van der Waals surface area contributed by atoms with Gasteiger partial charge in [-0.05, 0) is 60.8 Å². The molecule has 0 atom stereocenters. The largest absolute Gasteiger partial charge is 0.317 e. The summed E-state index contributed by atoms with van der Waals surface area (Å²) in [4.78, 5) is 27.0. The van der Waals surface area contributed by atoms with Crippen LogP contribution in [0, 0.1) is 0 Å². The molecule has 3 aromatic rings. The topological polar surface area (TPSA) is 54.3 Å². The molecule has 9 heteroatoms. The number of carbonyl (C=O) groups is 2. The summed E-state index contributed by atoms with van der Waals surface area (Å²) in [6.07, 6.45) is 3.36. The Morgan fingerprint density at radius 2 is 1.80 bits per heavy atom. The number of rotatable bonds is 3. The van der Waals surface area contributed by atoms with Crippen LogP contribution in [-0.4, -0.2) is 21.5 Å². The number of anilines is 1. The van der Waals surface area contributed by atoms with E-state index in [9.17, 15) is 9.59 Å². The Labute approximate surface area is 196 Å². The van der Waals surface area contributed by atoms with Gasteiger partial charge in [0.05, 0.1) is 15.7 Å². The first-order chi connectivity index (χ1) is 14.4. The molecule has 0 unspecified atom stereocenters. The van der Waals surface area contributed by atoms with Gasteiger partial charge in [0.15, 0.2) is 5.11 Å². The van der Waals surface area contributed by atoms with Gasteiger partial charge in [0.25, 0.3) is 11.8 Å². The van der Waals surface area contributed by atoms with Crippen molar-refractivity contribution >= 4 is 80.0 Å². The van der Waals surface area contributed by atoms with Gasteiger partial charge in [-0.25, -0.2) is 0 Å². The second kappa shape index (κ2) is 8.35.